The third kappa shape index (κ3) is 3.90. The predicted octanol–water partition coefficient (Wildman–Crippen LogP) is 3.85. The fraction of sp³-hybridized carbons (Fsp3) is 0.259. The van der Waals surface area contributed by atoms with Crippen LogP contribution in [0.1, 0.15) is 28.4 Å². The molecule has 1 unspecified atom stereocenters. The van der Waals surface area contributed by atoms with E-state index in [1.807, 2.05) is 0 Å². The Balaban J connectivity index is 1.73. The molecule has 3 aromatic carbocycles. The van der Waals surface area contributed by atoms with E-state index in [0.717, 1.165) is 13.1 Å². The maximum absolute atomic E-state index is 14.2. The summed E-state index contributed by atoms with van der Waals surface area (Å²) in [6, 6.07) is 16.4. The first-order valence-corrected chi connectivity index (χ1v) is 11.9. The minimum atomic E-state index is -1.53. The van der Waals surface area contributed by atoms with Crippen LogP contribution in [0.15, 0.2) is 60.7 Å². The third-order valence-electron chi connectivity index (χ3n) is 6.93. The molecule has 1 fully saturated rings. The number of Topliss-reactive ketones (excluding diaryl/α,β-unsaturated/α-hetero) is 1. The number of ketones is 1. The Labute approximate surface area is 208 Å². The lowest BCUT2D eigenvalue weighted by atomic mass is 9.71. The lowest BCUT2D eigenvalue weighted by Gasteiger charge is -2.42. The van der Waals surface area contributed by atoms with Gasteiger partial charge in [-0.3, -0.25) is 9.59 Å². The summed E-state index contributed by atoms with van der Waals surface area (Å²) in [6.45, 7) is 4.63. The van der Waals surface area contributed by atoms with Crippen LogP contribution >= 0.6 is 11.6 Å². The van der Waals surface area contributed by atoms with Crippen LogP contribution in [-0.4, -0.2) is 48.1 Å². The van der Waals surface area contributed by atoms with Gasteiger partial charge < -0.3 is 25.3 Å². The van der Waals surface area contributed by atoms with Gasteiger partial charge >= 0.3 is 0 Å². The number of piperazine rings is 1. The van der Waals surface area contributed by atoms with Crippen LogP contribution in [0, 0.1) is 0 Å². The van der Waals surface area contributed by atoms with E-state index in [0.29, 0.717) is 46.2 Å². The number of nitrogens with zero attached hydrogens (tertiary/aromatic N) is 2. The van der Waals surface area contributed by atoms with Crippen molar-refractivity contribution in [1.29, 1.82) is 0 Å². The average Bonchev–Trinajstić information content (AvgIpc) is 2.86. The predicted molar refractivity (Wildman–Crippen MR) is 136 cm³/mol. The standard InChI is InChI=1S/C27H26ClN3O4/c1-27(18-6-8-20(32)9-7-18)25(34)24-21(30-12-10-29-11-13-30)14-19(28)15-22(24)31(26(27)35)16-17-4-2-3-5-23(17)33/h2-9,14-15,29,32-33H,10-13,16H2,1H3. The third-order valence-corrected chi connectivity index (χ3v) is 7.15. The monoisotopic (exact) mass is 491 g/mol. The van der Waals surface area contributed by atoms with Gasteiger partial charge in [0, 0.05) is 36.8 Å². The number of amides is 1. The Morgan fingerprint density at radius 2 is 1.63 bits per heavy atom. The largest absolute Gasteiger partial charge is 0.508 e. The van der Waals surface area contributed by atoms with Crippen molar-refractivity contribution in [2.75, 3.05) is 36.0 Å². The minimum absolute atomic E-state index is 0.0489. The molecule has 0 aromatic heterocycles. The van der Waals surface area contributed by atoms with E-state index in [9.17, 15) is 19.8 Å². The van der Waals surface area contributed by atoms with Crippen LogP contribution in [0.2, 0.25) is 5.02 Å². The Morgan fingerprint density at radius 1 is 0.971 bits per heavy atom. The number of phenols is 2. The summed E-state index contributed by atoms with van der Waals surface area (Å²) in [7, 11) is 0. The van der Waals surface area contributed by atoms with Crippen molar-refractivity contribution in [1.82, 2.24) is 5.32 Å². The van der Waals surface area contributed by atoms with E-state index in [1.165, 1.54) is 17.0 Å². The SMILES string of the molecule is CC1(c2ccc(O)cc2)C(=O)c2c(N3CCNCC3)cc(Cl)cc2N(Cc2ccccc2O)C1=O. The van der Waals surface area contributed by atoms with Crippen molar-refractivity contribution in [3.63, 3.8) is 0 Å². The Hall–Kier alpha value is -3.55. The smallest absolute Gasteiger partial charge is 0.245 e. The molecular formula is C27H26ClN3O4. The second kappa shape index (κ2) is 8.91. The number of phenolic OH excluding ortho intramolecular Hbond substituents is 2. The zero-order valence-electron chi connectivity index (χ0n) is 19.3. The number of carbonyl (C=O) groups excluding carboxylic acids is 2. The summed E-state index contributed by atoms with van der Waals surface area (Å²) in [5.41, 5.74) is 1.07. The molecule has 5 rings (SSSR count). The molecule has 2 aliphatic heterocycles. The molecule has 0 aliphatic carbocycles. The number of para-hydroxylation sites is 1. The fourth-order valence-corrected chi connectivity index (χ4v) is 5.13. The van der Waals surface area contributed by atoms with Gasteiger partial charge in [0.1, 0.15) is 16.9 Å². The average molecular weight is 492 g/mol. The first-order chi connectivity index (χ1) is 16.8. The van der Waals surface area contributed by atoms with E-state index >= 15 is 0 Å². The minimum Gasteiger partial charge on any atom is -0.508 e. The zero-order valence-corrected chi connectivity index (χ0v) is 20.0. The van der Waals surface area contributed by atoms with Crippen molar-refractivity contribution in [3.05, 3.63) is 82.4 Å². The molecule has 180 valence electrons. The van der Waals surface area contributed by atoms with E-state index in [4.69, 9.17) is 11.6 Å². The number of anilines is 2. The molecule has 1 atom stereocenters. The highest BCUT2D eigenvalue weighted by molar-refractivity contribution is 6.34. The molecule has 2 heterocycles. The summed E-state index contributed by atoms with van der Waals surface area (Å²) in [4.78, 5) is 32.0. The number of rotatable bonds is 4. The summed E-state index contributed by atoms with van der Waals surface area (Å²) in [5.74, 6) is -0.623. The molecule has 3 N–H and O–H groups in total. The summed E-state index contributed by atoms with van der Waals surface area (Å²) < 4.78 is 0. The topological polar surface area (TPSA) is 93.1 Å². The lowest BCUT2D eigenvalue weighted by Crippen LogP contribution is -2.55. The first-order valence-electron chi connectivity index (χ1n) is 11.5. The number of halogens is 1. The highest BCUT2D eigenvalue weighted by Gasteiger charge is 2.52. The number of aromatic hydroxyl groups is 2. The fourth-order valence-electron chi connectivity index (χ4n) is 4.93. The summed E-state index contributed by atoms with van der Waals surface area (Å²) in [5, 5.41) is 24.0. The molecule has 2 aliphatic rings. The Bertz CT molecular complexity index is 1300. The second-order valence-corrected chi connectivity index (χ2v) is 9.51. The lowest BCUT2D eigenvalue weighted by molar-refractivity contribution is -0.122. The van der Waals surface area contributed by atoms with Crippen LogP contribution in [0.4, 0.5) is 11.4 Å². The van der Waals surface area contributed by atoms with Crippen molar-refractivity contribution in [2.24, 2.45) is 0 Å². The van der Waals surface area contributed by atoms with Crippen molar-refractivity contribution >= 4 is 34.7 Å². The molecule has 0 radical (unpaired) electrons. The molecule has 8 heteroatoms. The van der Waals surface area contributed by atoms with Gasteiger partial charge in [0.25, 0.3) is 0 Å². The normalized spacial score (nSPS) is 20.2. The molecule has 7 nitrogen and oxygen atoms in total. The molecular weight excluding hydrogens is 466 g/mol. The van der Waals surface area contributed by atoms with E-state index < -0.39 is 11.3 Å². The quantitative estimate of drug-likeness (QED) is 0.480. The van der Waals surface area contributed by atoms with Crippen LogP contribution in [0.5, 0.6) is 11.5 Å². The van der Waals surface area contributed by atoms with Crippen LogP contribution < -0.4 is 15.1 Å². The number of fused-ring (bicyclic) bond motifs is 1. The van der Waals surface area contributed by atoms with Gasteiger partial charge in [0.2, 0.25) is 5.91 Å². The highest BCUT2D eigenvalue weighted by Crippen LogP contribution is 2.46. The maximum atomic E-state index is 14.2. The van der Waals surface area contributed by atoms with Crippen LogP contribution in [-0.2, 0) is 16.8 Å². The van der Waals surface area contributed by atoms with Crippen molar-refractivity contribution in [2.45, 2.75) is 18.9 Å². The second-order valence-electron chi connectivity index (χ2n) is 9.08. The van der Waals surface area contributed by atoms with Gasteiger partial charge in [-0.25, -0.2) is 0 Å². The number of benzene rings is 3. The van der Waals surface area contributed by atoms with Gasteiger partial charge in [-0.1, -0.05) is 41.9 Å². The number of hydrogen-bond donors (Lipinski definition) is 3. The molecule has 1 amide bonds. The van der Waals surface area contributed by atoms with Gasteiger partial charge in [0.15, 0.2) is 5.78 Å². The molecule has 0 spiro atoms. The molecule has 1 saturated heterocycles. The van der Waals surface area contributed by atoms with Crippen molar-refractivity contribution < 1.29 is 19.8 Å². The van der Waals surface area contributed by atoms with Gasteiger partial charge in [0.05, 0.1) is 23.5 Å². The highest BCUT2D eigenvalue weighted by atomic mass is 35.5. The maximum Gasteiger partial charge on any atom is 0.245 e. The van der Waals surface area contributed by atoms with Crippen LogP contribution in [0.25, 0.3) is 0 Å². The molecule has 35 heavy (non-hydrogen) atoms. The number of nitrogens with one attached hydrogen (secondary N) is 1. The van der Waals surface area contributed by atoms with Crippen LogP contribution in [0.3, 0.4) is 0 Å². The Morgan fingerprint density at radius 3 is 2.31 bits per heavy atom. The van der Waals surface area contributed by atoms with E-state index in [-0.39, 0.29) is 23.8 Å². The number of carbonyl (C=O) groups is 2. The van der Waals surface area contributed by atoms with Gasteiger partial charge in [-0.2, -0.15) is 0 Å². The van der Waals surface area contributed by atoms with E-state index in [1.54, 1.807) is 55.5 Å². The zero-order chi connectivity index (χ0) is 24.7. The van der Waals surface area contributed by atoms with E-state index in [2.05, 4.69) is 10.2 Å². The molecule has 3 aromatic rings. The molecule has 0 saturated carbocycles. The van der Waals surface area contributed by atoms with Gasteiger partial charge in [-0.15, -0.1) is 0 Å². The summed E-state index contributed by atoms with van der Waals surface area (Å²) in [6.07, 6.45) is 0. The van der Waals surface area contributed by atoms with Crippen molar-refractivity contribution in [3.8, 4) is 11.5 Å². The Kier molecular flexibility index (Phi) is 5.91. The molecule has 0 bridgehead atoms. The first kappa shape index (κ1) is 23.2. The summed E-state index contributed by atoms with van der Waals surface area (Å²) >= 11 is 6.53. The van der Waals surface area contributed by atoms with Gasteiger partial charge in [-0.05, 0) is 42.8 Å². The number of hydrogen-bond acceptors (Lipinski definition) is 6.